The monoisotopic (exact) mass is 324 g/mol. The lowest BCUT2D eigenvalue weighted by Gasteiger charge is -2.19. The van der Waals surface area contributed by atoms with Crippen LogP contribution >= 0.6 is 11.6 Å². The van der Waals surface area contributed by atoms with E-state index in [1.165, 1.54) is 0 Å². The summed E-state index contributed by atoms with van der Waals surface area (Å²) in [6.07, 6.45) is 0. The lowest BCUT2D eigenvalue weighted by molar-refractivity contribution is -0.145. The van der Waals surface area contributed by atoms with Crippen LogP contribution in [0.4, 0.5) is 0 Å². The van der Waals surface area contributed by atoms with Crippen molar-refractivity contribution in [3.63, 3.8) is 0 Å². The third kappa shape index (κ3) is 3.99. The molecule has 2 rings (SSSR count). The van der Waals surface area contributed by atoms with Gasteiger partial charge in [0, 0.05) is 30.7 Å². The highest BCUT2D eigenvalue weighted by atomic mass is 35.5. The number of rotatable bonds is 5. The highest BCUT2D eigenvalue weighted by molar-refractivity contribution is 6.30. The van der Waals surface area contributed by atoms with E-state index in [-0.39, 0.29) is 11.9 Å². The van der Waals surface area contributed by atoms with E-state index in [0.29, 0.717) is 24.7 Å². The first-order valence-corrected chi connectivity index (χ1v) is 7.75. The molecule has 22 heavy (non-hydrogen) atoms. The summed E-state index contributed by atoms with van der Waals surface area (Å²) < 4.78 is 0. The molecule has 2 atom stereocenters. The zero-order chi connectivity index (χ0) is 16.3. The summed E-state index contributed by atoms with van der Waals surface area (Å²) in [5, 5.41) is 12.8. The second kappa shape index (κ2) is 7.11. The van der Waals surface area contributed by atoms with Crippen molar-refractivity contribution in [1.29, 1.82) is 0 Å². The number of likely N-dealkylation sites (tertiary alicyclic amines) is 1. The standard InChI is InChI=1S/C16H21ClN2O3/c1-10(2)19-8-13(14(9-19)16(21)22)15(20)18-7-11-4-3-5-12(17)6-11/h3-6,10,13-14H,7-9H2,1-2H3,(H,18,20)(H,21,22)/t13-,14+/m0/s1. The number of carbonyl (C=O) groups excluding carboxylic acids is 1. The Morgan fingerprint density at radius 2 is 2.05 bits per heavy atom. The third-order valence-corrected chi connectivity index (χ3v) is 4.32. The summed E-state index contributed by atoms with van der Waals surface area (Å²) in [6, 6.07) is 7.47. The molecule has 2 N–H and O–H groups in total. The van der Waals surface area contributed by atoms with Crippen LogP contribution in [0.1, 0.15) is 19.4 Å². The van der Waals surface area contributed by atoms with Crippen LogP contribution in [0.2, 0.25) is 5.02 Å². The number of carbonyl (C=O) groups is 2. The number of nitrogens with one attached hydrogen (secondary N) is 1. The van der Waals surface area contributed by atoms with Crippen LogP contribution in [-0.2, 0) is 16.1 Å². The van der Waals surface area contributed by atoms with Crippen LogP contribution < -0.4 is 5.32 Å². The maximum atomic E-state index is 12.4. The van der Waals surface area contributed by atoms with Crippen LogP contribution in [0.15, 0.2) is 24.3 Å². The summed E-state index contributed by atoms with van der Waals surface area (Å²) in [7, 11) is 0. The Kier molecular flexibility index (Phi) is 5.42. The second-order valence-corrected chi connectivity index (χ2v) is 6.38. The molecule has 1 fully saturated rings. The molecule has 0 unspecified atom stereocenters. The molecule has 1 heterocycles. The topological polar surface area (TPSA) is 69.6 Å². The molecule has 1 aliphatic rings. The Morgan fingerprint density at radius 3 is 2.64 bits per heavy atom. The minimum absolute atomic E-state index is 0.212. The zero-order valence-corrected chi connectivity index (χ0v) is 13.5. The molecular formula is C16H21ClN2O3. The minimum atomic E-state index is -0.911. The van der Waals surface area contributed by atoms with E-state index < -0.39 is 17.8 Å². The van der Waals surface area contributed by atoms with Crippen molar-refractivity contribution in [2.75, 3.05) is 13.1 Å². The molecule has 6 heteroatoms. The third-order valence-electron chi connectivity index (χ3n) is 4.09. The normalized spacial score (nSPS) is 22.0. The lowest BCUT2D eigenvalue weighted by atomic mass is 9.95. The van der Waals surface area contributed by atoms with Gasteiger partial charge in [0.25, 0.3) is 0 Å². The molecule has 0 spiro atoms. The molecule has 0 bridgehead atoms. The van der Waals surface area contributed by atoms with Crippen LogP contribution in [0.5, 0.6) is 0 Å². The van der Waals surface area contributed by atoms with Crippen molar-refractivity contribution in [2.45, 2.75) is 26.4 Å². The van der Waals surface area contributed by atoms with Crippen LogP contribution in [-0.4, -0.2) is 41.0 Å². The Hall–Kier alpha value is -1.59. The van der Waals surface area contributed by atoms with Gasteiger partial charge in [0.15, 0.2) is 0 Å². The van der Waals surface area contributed by atoms with Gasteiger partial charge in [0.2, 0.25) is 5.91 Å². The first-order valence-electron chi connectivity index (χ1n) is 7.37. The molecule has 1 saturated heterocycles. The number of carboxylic acids is 1. The van der Waals surface area contributed by atoms with E-state index >= 15 is 0 Å². The number of amides is 1. The molecule has 5 nitrogen and oxygen atoms in total. The quantitative estimate of drug-likeness (QED) is 0.869. The van der Waals surface area contributed by atoms with Crippen molar-refractivity contribution in [3.05, 3.63) is 34.9 Å². The number of nitrogens with zero attached hydrogens (tertiary/aromatic N) is 1. The van der Waals surface area contributed by atoms with E-state index in [9.17, 15) is 14.7 Å². The Morgan fingerprint density at radius 1 is 1.36 bits per heavy atom. The number of hydrogen-bond acceptors (Lipinski definition) is 3. The highest BCUT2D eigenvalue weighted by Crippen LogP contribution is 2.25. The van der Waals surface area contributed by atoms with E-state index in [1.807, 2.05) is 30.9 Å². The highest BCUT2D eigenvalue weighted by Gasteiger charge is 2.42. The molecule has 1 aliphatic heterocycles. The van der Waals surface area contributed by atoms with E-state index in [2.05, 4.69) is 5.32 Å². The summed E-state index contributed by atoms with van der Waals surface area (Å²) in [6.45, 7) is 5.26. The van der Waals surface area contributed by atoms with Gasteiger partial charge in [0.05, 0.1) is 11.8 Å². The summed E-state index contributed by atoms with van der Waals surface area (Å²) >= 11 is 5.91. The van der Waals surface area contributed by atoms with E-state index in [0.717, 1.165) is 5.56 Å². The van der Waals surface area contributed by atoms with Crippen LogP contribution in [0, 0.1) is 11.8 Å². The zero-order valence-electron chi connectivity index (χ0n) is 12.8. The molecule has 120 valence electrons. The molecule has 0 aromatic heterocycles. The van der Waals surface area contributed by atoms with Crippen molar-refractivity contribution in [2.24, 2.45) is 11.8 Å². The van der Waals surface area contributed by atoms with Crippen molar-refractivity contribution >= 4 is 23.5 Å². The largest absolute Gasteiger partial charge is 0.481 e. The average Bonchev–Trinajstić information content (AvgIpc) is 2.90. The van der Waals surface area contributed by atoms with Gasteiger partial charge in [-0.25, -0.2) is 0 Å². The maximum absolute atomic E-state index is 12.4. The van der Waals surface area contributed by atoms with Gasteiger partial charge in [-0.1, -0.05) is 23.7 Å². The molecular weight excluding hydrogens is 304 g/mol. The summed E-state index contributed by atoms with van der Waals surface area (Å²) in [5.41, 5.74) is 0.895. The van der Waals surface area contributed by atoms with Gasteiger partial charge in [-0.05, 0) is 31.5 Å². The first-order chi connectivity index (χ1) is 10.4. The van der Waals surface area contributed by atoms with Gasteiger partial charge in [0.1, 0.15) is 0 Å². The van der Waals surface area contributed by atoms with Gasteiger partial charge in [-0.3, -0.25) is 14.5 Å². The van der Waals surface area contributed by atoms with Crippen LogP contribution in [0.25, 0.3) is 0 Å². The fourth-order valence-corrected chi connectivity index (χ4v) is 2.95. The number of benzene rings is 1. The SMILES string of the molecule is CC(C)N1C[C@H](C(=O)NCc2cccc(Cl)c2)[C@H](C(=O)O)C1. The number of aliphatic carboxylic acids is 1. The number of hydrogen-bond donors (Lipinski definition) is 2. The Labute approximate surface area is 135 Å². The number of carboxylic acid groups (broad SMARTS) is 1. The molecule has 1 amide bonds. The Bertz CT molecular complexity index is 562. The molecule has 1 aromatic rings. The van der Waals surface area contributed by atoms with Crippen molar-refractivity contribution < 1.29 is 14.7 Å². The van der Waals surface area contributed by atoms with Gasteiger partial charge >= 0.3 is 5.97 Å². The fourth-order valence-electron chi connectivity index (χ4n) is 2.74. The van der Waals surface area contributed by atoms with E-state index in [1.54, 1.807) is 12.1 Å². The van der Waals surface area contributed by atoms with Crippen molar-refractivity contribution in [1.82, 2.24) is 10.2 Å². The molecule has 1 aromatic carbocycles. The van der Waals surface area contributed by atoms with Gasteiger partial charge in [-0.15, -0.1) is 0 Å². The smallest absolute Gasteiger partial charge is 0.308 e. The molecule has 0 radical (unpaired) electrons. The lowest BCUT2D eigenvalue weighted by Crippen LogP contribution is -2.37. The minimum Gasteiger partial charge on any atom is -0.481 e. The van der Waals surface area contributed by atoms with Crippen LogP contribution in [0.3, 0.4) is 0 Å². The summed E-state index contributed by atoms with van der Waals surface area (Å²) in [5.74, 6) is -2.29. The fraction of sp³-hybridized carbons (Fsp3) is 0.500. The summed E-state index contributed by atoms with van der Waals surface area (Å²) in [4.78, 5) is 25.8. The second-order valence-electron chi connectivity index (χ2n) is 5.95. The predicted octanol–water partition coefficient (Wildman–Crippen LogP) is 2.00. The van der Waals surface area contributed by atoms with E-state index in [4.69, 9.17) is 11.6 Å². The predicted molar refractivity (Wildman–Crippen MR) is 84.6 cm³/mol. The van der Waals surface area contributed by atoms with Gasteiger partial charge < -0.3 is 10.4 Å². The first kappa shape index (κ1) is 16.8. The van der Waals surface area contributed by atoms with Gasteiger partial charge in [-0.2, -0.15) is 0 Å². The Balaban J connectivity index is 1.99. The van der Waals surface area contributed by atoms with Crippen molar-refractivity contribution in [3.8, 4) is 0 Å². The molecule has 0 aliphatic carbocycles. The maximum Gasteiger partial charge on any atom is 0.308 e. The molecule has 0 saturated carbocycles. The average molecular weight is 325 g/mol. The number of halogens is 1.